The Morgan fingerprint density at radius 1 is 1.22 bits per heavy atom. The third-order valence-electron chi connectivity index (χ3n) is 3.04. The van der Waals surface area contributed by atoms with Gasteiger partial charge < -0.3 is 14.8 Å². The molecule has 1 aliphatic rings. The fourth-order valence-electron chi connectivity index (χ4n) is 1.83. The highest BCUT2D eigenvalue weighted by atomic mass is 16.5. The number of benzene rings is 1. The van der Waals surface area contributed by atoms with E-state index in [1.807, 2.05) is 18.2 Å². The Balaban J connectivity index is 1.85. The van der Waals surface area contributed by atoms with Crippen molar-refractivity contribution in [1.29, 1.82) is 0 Å². The van der Waals surface area contributed by atoms with E-state index in [2.05, 4.69) is 17.5 Å². The first kappa shape index (κ1) is 13.0. The number of nitrogens with one attached hydrogen (secondary N) is 1. The van der Waals surface area contributed by atoms with Crippen LogP contribution in [0.4, 0.5) is 0 Å². The zero-order chi connectivity index (χ0) is 12.8. The quantitative estimate of drug-likeness (QED) is 0.752. The molecular formula is C15H21NO2. The molecule has 0 atom stereocenters. The van der Waals surface area contributed by atoms with Crippen molar-refractivity contribution in [2.75, 3.05) is 20.8 Å². The van der Waals surface area contributed by atoms with Gasteiger partial charge in [0.1, 0.15) is 0 Å². The first-order chi connectivity index (χ1) is 8.83. The molecule has 3 nitrogen and oxygen atoms in total. The summed E-state index contributed by atoms with van der Waals surface area (Å²) in [6.45, 7) is 1.06. The Kier molecular flexibility index (Phi) is 4.65. The van der Waals surface area contributed by atoms with Crippen LogP contribution in [0, 0.1) is 0 Å². The first-order valence-corrected chi connectivity index (χ1v) is 6.45. The summed E-state index contributed by atoms with van der Waals surface area (Å²) in [6, 6.07) is 6.75. The summed E-state index contributed by atoms with van der Waals surface area (Å²) in [5.41, 5.74) is 1.14. The Morgan fingerprint density at radius 2 is 2.00 bits per heavy atom. The summed E-state index contributed by atoms with van der Waals surface area (Å²) < 4.78 is 10.5. The highest BCUT2D eigenvalue weighted by Gasteiger charge is 2.19. The zero-order valence-electron chi connectivity index (χ0n) is 11.1. The van der Waals surface area contributed by atoms with Crippen LogP contribution in [-0.2, 0) is 0 Å². The molecule has 0 radical (unpaired) electrons. The van der Waals surface area contributed by atoms with Gasteiger partial charge in [-0.2, -0.15) is 0 Å². The standard InChI is InChI=1S/C15H21NO2/c1-17-14-9-6-12(11-15(14)18-2)5-3-4-10-16-13-7-8-13/h3,5-6,9,11,13,16H,4,7-8,10H2,1-2H3. The molecule has 0 unspecified atom stereocenters. The third-order valence-corrected chi connectivity index (χ3v) is 3.04. The molecular weight excluding hydrogens is 226 g/mol. The predicted molar refractivity (Wildman–Crippen MR) is 74.2 cm³/mol. The minimum Gasteiger partial charge on any atom is -0.493 e. The molecule has 0 bridgehead atoms. The van der Waals surface area contributed by atoms with Gasteiger partial charge in [0.05, 0.1) is 14.2 Å². The van der Waals surface area contributed by atoms with Crippen LogP contribution < -0.4 is 14.8 Å². The molecule has 0 aliphatic heterocycles. The van der Waals surface area contributed by atoms with E-state index in [0.717, 1.165) is 36.1 Å². The van der Waals surface area contributed by atoms with Crippen LogP contribution in [0.3, 0.4) is 0 Å². The summed E-state index contributed by atoms with van der Waals surface area (Å²) in [6.07, 6.45) is 8.07. The lowest BCUT2D eigenvalue weighted by atomic mass is 10.1. The van der Waals surface area contributed by atoms with Crippen molar-refractivity contribution in [3.8, 4) is 11.5 Å². The van der Waals surface area contributed by atoms with Crippen LogP contribution >= 0.6 is 0 Å². The molecule has 0 aromatic heterocycles. The van der Waals surface area contributed by atoms with Crippen LogP contribution in [-0.4, -0.2) is 26.8 Å². The van der Waals surface area contributed by atoms with Crippen molar-refractivity contribution in [2.45, 2.75) is 25.3 Å². The predicted octanol–water partition coefficient (Wildman–Crippen LogP) is 2.86. The number of rotatable bonds is 7. The van der Waals surface area contributed by atoms with Crippen LogP contribution in [0.5, 0.6) is 11.5 Å². The average molecular weight is 247 g/mol. The summed E-state index contributed by atoms with van der Waals surface area (Å²) in [5.74, 6) is 1.54. The smallest absolute Gasteiger partial charge is 0.161 e. The van der Waals surface area contributed by atoms with Gasteiger partial charge in [-0.3, -0.25) is 0 Å². The molecule has 0 heterocycles. The lowest BCUT2D eigenvalue weighted by molar-refractivity contribution is 0.355. The molecule has 0 amide bonds. The van der Waals surface area contributed by atoms with E-state index in [9.17, 15) is 0 Å². The van der Waals surface area contributed by atoms with Gasteiger partial charge in [0.25, 0.3) is 0 Å². The van der Waals surface area contributed by atoms with Crippen LogP contribution in [0.1, 0.15) is 24.8 Å². The molecule has 2 rings (SSSR count). The Morgan fingerprint density at radius 3 is 2.67 bits per heavy atom. The van der Waals surface area contributed by atoms with E-state index in [1.165, 1.54) is 12.8 Å². The van der Waals surface area contributed by atoms with E-state index >= 15 is 0 Å². The summed E-state index contributed by atoms with van der Waals surface area (Å²) in [7, 11) is 3.31. The van der Waals surface area contributed by atoms with Crippen molar-refractivity contribution in [2.24, 2.45) is 0 Å². The molecule has 1 saturated carbocycles. The van der Waals surface area contributed by atoms with E-state index in [-0.39, 0.29) is 0 Å². The van der Waals surface area contributed by atoms with Gasteiger partial charge in [-0.15, -0.1) is 0 Å². The molecule has 1 aromatic carbocycles. The van der Waals surface area contributed by atoms with Crippen molar-refractivity contribution in [1.82, 2.24) is 5.32 Å². The molecule has 3 heteroatoms. The van der Waals surface area contributed by atoms with Crippen LogP contribution in [0.25, 0.3) is 6.08 Å². The maximum Gasteiger partial charge on any atom is 0.161 e. The van der Waals surface area contributed by atoms with Gasteiger partial charge in [0, 0.05) is 6.04 Å². The van der Waals surface area contributed by atoms with Gasteiger partial charge in [-0.25, -0.2) is 0 Å². The van der Waals surface area contributed by atoms with Gasteiger partial charge in [-0.05, 0) is 43.5 Å². The number of ether oxygens (including phenoxy) is 2. The molecule has 98 valence electrons. The Labute approximate surface area is 109 Å². The SMILES string of the molecule is COc1ccc(C=CCCNC2CC2)cc1OC. The molecule has 1 aliphatic carbocycles. The molecule has 0 saturated heterocycles. The zero-order valence-corrected chi connectivity index (χ0v) is 11.1. The molecule has 1 N–H and O–H groups in total. The second-order valence-corrected chi connectivity index (χ2v) is 4.53. The molecule has 18 heavy (non-hydrogen) atoms. The highest BCUT2D eigenvalue weighted by Crippen LogP contribution is 2.28. The third kappa shape index (κ3) is 3.77. The molecule has 1 aromatic rings. The fraction of sp³-hybridized carbons (Fsp3) is 0.467. The normalized spacial score (nSPS) is 15.0. The Hall–Kier alpha value is -1.48. The van der Waals surface area contributed by atoms with E-state index in [0.29, 0.717) is 0 Å². The van der Waals surface area contributed by atoms with Crippen LogP contribution in [0.2, 0.25) is 0 Å². The fourth-order valence-corrected chi connectivity index (χ4v) is 1.83. The van der Waals surface area contributed by atoms with E-state index in [1.54, 1.807) is 14.2 Å². The maximum absolute atomic E-state index is 5.27. The number of methoxy groups -OCH3 is 2. The number of hydrogen-bond donors (Lipinski definition) is 1. The van der Waals surface area contributed by atoms with Crippen molar-refractivity contribution >= 4 is 6.08 Å². The van der Waals surface area contributed by atoms with Gasteiger partial charge in [0.2, 0.25) is 0 Å². The second kappa shape index (κ2) is 6.45. The van der Waals surface area contributed by atoms with E-state index < -0.39 is 0 Å². The minimum absolute atomic E-state index is 0.769. The van der Waals surface area contributed by atoms with Crippen molar-refractivity contribution < 1.29 is 9.47 Å². The summed E-state index contributed by atoms with van der Waals surface area (Å²) >= 11 is 0. The largest absolute Gasteiger partial charge is 0.493 e. The monoisotopic (exact) mass is 247 g/mol. The average Bonchev–Trinajstić information content (AvgIpc) is 3.22. The summed E-state index contributed by atoms with van der Waals surface area (Å²) in [5, 5.41) is 3.49. The second-order valence-electron chi connectivity index (χ2n) is 4.53. The van der Waals surface area contributed by atoms with Crippen LogP contribution in [0.15, 0.2) is 24.3 Å². The summed E-state index contributed by atoms with van der Waals surface area (Å²) in [4.78, 5) is 0. The first-order valence-electron chi connectivity index (χ1n) is 6.45. The Bertz CT molecular complexity index is 411. The lowest BCUT2D eigenvalue weighted by Gasteiger charge is -2.07. The highest BCUT2D eigenvalue weighted by molar-refractivity contribution is 5.55. The van der Waals surface area contributed by atoms with Gasteiger partial charge in [-0.1, -0.05) is 18.2 Å². The topological polar surface area (TPSA) is 30.5 Å². The van der Waals surface area contributed by atoms with Crippen molar-refractivity contribution in [3.05, 3.63) is 29.8 Å². The molecule has 0 spiro atoms. The maximum atomic E-state index is 5.27. The van der Waals surface area contributed by atoms with Gasteiger partial charge >= 0.3 is 0 Å². The lowest BCUT2D eigenvalue weighted by Crippen LogP contribution is -2.16. The van der Waals surface area contributed by atoms with E-state index in [4.69, 9.17) is 9.47 Å². The minimum atomic E-state index is 0.769. The molecule has 1 fully saturated rings. The van der Waals surface area contributed by atoms with Crippen molar-refractivity contribution in [3.63, 3.8) is 0 Å². The van der Waals surface area contributed by atoms with Gasteiger partial charge in [0.15, 0.2) is 11.5 Å². The number of hydrogen-bond acceptors (Lipinski definition) is 3.